The van der Waals surface area contributed by atoms with Crippen molar-refractivity contribution in [3.63, 3.8) is 0 Å². The molecule has 1 aromatic heterocycles. The highest BCUT2D eigenvalue weighted by Gasteiger charge is 2.17. The van der Waals surface area contributed by atoms with Crippen molar-refractivity contribution in [2.45, 2.75) is 0 Å². The minimum Gasteiger partial charge on any atom is -0.352 e. The van der Waals surface area contributed by atoms with Gasteiger partial charge >= 0.3 is 0 Å². The molecule has 0 unspecified atom stereocenters. The van der Waals surface area contributed by atoms with Gasteiger partial charge in [-0.05, 0) is 30.3 Å². The van der Waals surface area contributed by atoms with Crippen LogP contribution in [0.25, 0.3) is 0 Å². The summed E-state index contributed by atoms with van der Waals surface area (Å²) in [4.78, 5) is 26.7. The number of nitrogens with zero attached hydrogens (tertiary/aromatic N) is 5. The van der Waals surface area contributed by atoms with Crippen LogP contribution in [0, 0.1) is 11.3 Å². The van der Waals surface area contributed by atoms with E-state index in [0.29, 0.717) is 43.2 Å². The molecule has 2 heterocycles. The molecule has 0 bridgehead atoms. The minimum absolute atomic E-state index is 0.192. The first-order valence-electron chi connectivity index (χ1n) is 7.79. The predicted octanol–water partition coefficient (Wildman–Crippen LogP) is 0.879. The second-order valence-corrected chi connectivity index (χ2v) is 5.55. The Bertz CT molecular complexity index is 807. The van der Waals surface area contributed by atoms with E-state index in [9.17, 15) is 9.59 Å². The fraction of sp³-hybridized carbons (Fsp3) is 0.235. The van der Waals surface area contributed by atoms with E-state index >= 15 is 0 Å². The predicted molar refractivity (Wildman–Crippen MR) is 91.0 cm³/mol. The number of carbonyl (C=O) groups is 2. The van der Waals surface area contributed by atoms with Gasteiger partial charge in [0.2, 0.25) is 6.41 Å². The maximum Gasteiger partial charge on any atom is 0.276 e. The van der Waals surface area contributed by atoms with Gasteiger partial charge in [0.15, 0.2) is 11.5 Å². The number of hydrogen-bond donors (Lipinski definition) is 1. The van der Waals surface area contributed by atoms with Gasteiger partial charge in [-0.2, -0.15) is 5.26 Å². The summed E-state index contributed by atoms with van der Waals surface area (Å²) in [6.07, 6.45) is 0.845. The number of rotatable bonds is 4. The van der Waals surface area contributed by atoms with Crippen LogP contribution in [0.2, 0.25) is 0 Å². The largest absolute Gasteiger partial charge is 0.352 e. The molecule has 1 saturated heterocycles. The number of nitrogens with one attached hydrogen (secondary N) is 1. The first-order chi connectivity index (χ1) is 12.2. The Morgan fingerprint density at radius 2 is 1.96 bits per heavy atom. The third-order valence-electron chi connectivity index (χ3n) is 3.92. The summed E-state index contributed by atoms with van der Waals surface area (Å²) in [5, 5.41) is 19.7. The summed E-state index contributed by atoms with van der Waals surface area (Å²) >= 11 is 0. The van der Waals surface area contributed by atoms with E-state index in [1.54, 1.807) is 41.3 Å². The van der Waals surface area contributed by atoms with Crippen LogP contribution in [-0.4, -0.2) is 53.6 Å². The third-order valence-corrected chi connectivity index (χ3v) is 3.92. The topological polar surface area (TPSA) is 102 Å². The Morgan fingerprint density at radius 3 is 2.60 bits per heavy atom. The summed E-state index contributed by atoms with van der Waals surface area (Å²) in [5.74, 6) is 0.286. The molecule has 1 aromatic carbocycles. The lowest BCUT2D eigenvalue weighted by atomic mass is 10.2. The number of aromatic nitrogens is 2. The SMILES string of the molecule is N#Cc1cccc(NC(=O)c2ccc(N3CCN(C=O)CC3)nn2)c1. The molecule has 1 aliphatic rings. The van der Waals surface area contributed by atoms with Gasteiger partial charge in [0.1, 0.15) is 0 Å². The van der Waals surface area contributed by atoms with Gasteiger partial charge in [0.25, 0.3) is 5.91 Å². The van der Waals surface area contributed by atoms with Crippen LogP contribution in [0.3, 0.4) is 0 Å². The molecule has 0 saturated carbocycles. The zero-order valence-electron chi connectivity index (χ0n) is 13.4. The van der Waals surface area contributed by atoms with Gasteiger partial charge < -0.3 is 15.1 Å². The standard InChI is InChI=1S/C17H16N6O2/c18-11-13-2-1-3-14(10-13)19-17(25)15-4-5-16(21-20-15)23-8-6-22(12-24)7-9-23/h1-5,10,12H,6-9H2,(H,19,25). The molecule has 2 amide bonds. The molecule has 0 atom stereocenters. The number of carbonyl (C=O) groups excluding carboxylic acids is 2. The van der Waals surface area contributed by atoms with Crippen LogP contribution in [0.15, 0.2) is 36.4 Å². The van der Waals surface area contributed by atoms with Gasteiger partial charge in [-0.15, -0.1) is 10.2 Å². The first-order valence-corrected chi connectivity index (χ1v) is 7.79. The lowest BCUT2D eigenvalue weighted by Gasteiger charge is -2.32. The summed E-state index contributed by atoms with van der Waals surface area (Å²) in [7, 11) is 0. The first kappa shape index (κ1) is 16.4. The second-order valence-electron chi connectivity index (χ2n) is 5.55. The molecular formula is C17H16N6O2. The fourth-order valence-corrected chi connectivity index (χ4v) is 2.53. The minimum atomic E-state index is -0.389. The maximum atomic E-state index is 12.2. The Hall–Kier alpha value is -3.47. The summed E-state index contributed by atoms with van der Waals surface area (Å²) in [5.41, 5.74) is 1.19. The van der Waals surface area contributed by atoms with Gasteiger partial charge in [-0.25, -0.2) is 0 Å². The van der Waals surface area contributed by atoms with Crippen LogP contribution in [0.4, 0.5) is 11.5 Å². The molecular weight excluding hydrogens is 320 g/mol. The monoisotopic (exact) mass is 336 g/mol. The molecule has 8 heteroatoms. The Morgan fingerprint density at radius 1 is 1.16 bits per heavy atom. The van der Waals surface area contributed by atoms with Gasteiger partial charge in [-0.1, -0.05) is 6.07 Å². The Balaban J connectivity index is 1.64. The average molecular weight is 336 g/mol. The van der Waals surface area contributed by atoms with Crippen LogP contribution >= 0.6 is 0 Å². The summed E-state index contributed by atoms with van der Waals surface area (Å²) in [6, 6.07) is 12.0. The van der Waals surface area contributed by atoms with Crippen molar-refractivity contribution in [1.29, 1.82) is 5.26 Å². The number of anilines is 2. The average Bonchev–Trinajstić information content (AvgIpc) is 2.68. The normalized spacial score (nSPS) is 13.9. The van der Waals surface area contributed by atoms with Crippen molar-refractivity contribution in [2.75, 3.05) is 36.4 Å². The number of hydrogen-bond acceptors (Lipinski definition) is 6. The van der Waals surface area contributed by atoms with Crippen molar-refractivity contribution in [1.82, 2.24) is 15.1 Å². The molecule has 25 heavy (non-hydrogen) atoms. The molecule has 3 rings (SSSR count). The van der Waals surface area contributed by atoms with Crippen LogP contribution < -0.4 is 10.2 Å². The quantitative estimate of drug-likeness (QED) is 0.832. The van der Waals surface area contributed by atoms with E-state index in [2.05, 4.69) is 15.5 Å². The molecule has 1 aliphatic heterocycles. The molecule has 1 N–H and O–H groups in total. The van der Waals surface area contributed by atoms with Crippen molar-refractivity contribution >= 4 is 23.8 Å². The lowest BCUT2D eigenvalue weighted by Crippen LogP contribution is -2.46. The van der Waals surface area contributed by atoms with Crippen LogP contribution in [0.5, 0.6) is 0 Å². The maximum absolute atomic E-state index is 12.2. The highest BCUT2D eigenvalue weighted by atomic mass is 16.2. The molecule has 8 nitrogen and oxygen atoms in total. The zero-order valence-corrected chi connectivity index (χ0v) is 13.4. The van der Waals surface area contributed by atoms with E-state index in [1.807, 2.05) is 11.0 Å². The smallest absolute Gasteiger partial charge is 0.276 e. The lowest BCUT2D eigenvalue weighted by molar-refractivity contribution is -0.118. The molecule has 2 aromatic rings. The molecule has 0 radical (unpaired) electrons. The highest BCUT2D eigenvalue weighted by Crippen LogP contribution is 2.14. The van der Waals surface area contributed by atoms with E-state index in [4.69, 9.17) is 5.26 Å². The number of piperazine rings is 1. The van der Waals surface area contributed by atoms with Crippen LogP contribution in [-0.2, 0) is 4.79 Å². The van der Waals surface area contributed by atoms with E-state index < -0.39 is 0 Å². The molecule has 0 aliphatic carbocycles. The van der Waals surface area contributed by atoms with E-state index in [-0.39, 0.29) is 11.6 Å². The van der Waals surface area contributed by atoms with Gasteiger partial charge in [0.05, 0.1) is 11.6 Å². The summed E-state index contributed by atoms with van der Waals surface area (Å²) in [6.45, 7) is 2.64. The van der Waals surface area contributed by atoms with Crippen molar-refractivity contribution in [2.24, 2.45) is 0 Å². The van der Waals surface area contributed by atoms with Crippen LogP contribution in [0.1, 0.15) is 16.1 Å². The highest BCUT2D eigenvalue weighted by molar-refractivity contribution is 6.02. The Labute approximate surface area is 144 Å². The number of amides is 2. The van der Waals surface area contributed by atoms with Crippen molar-refractivity contribution in [3.8, 4) is 6.07 Å². The number of benzene rings is 1. The Kier molecular flexibility index (Phi) is 4.85. The number of nitriles is 1. The van der Waals surface area contributed by atoms with Crippen molar-refractivity contribution < 1.29 is 9.59 Å². The molecule has 1 fully saturated rings. The summed E-state index contributed by atoms with van der Waals surface area (Å²) < 4.78 is 0. The molecule has 0 spiro atoms. The zero-order chi connectivity index (χ0) is 17.6. The second kappa shape index (κ2) is 7.40. The van der Waals surface area contributed by atoms with Gasteiger partial charge in [0, 0.05) is 31.9 Å². The van der Waals surface area contributed by atoms with E-state index in [1.165, 1.54) is 0 Å². The molecule has 126 valence electrons. The van der Waals surface area contributed by atoms with E-state index in [0.717, 1.165) is 6.41 Å². The van der Waals surface area contributed by atoms with Gasteiger partial charge in [-0.3, -0.25) is 9.59 Å². The fourth-order valence-electron chi connectivity index (χ4n) is 2.53. The third kappa shape index (κ3) is 3.90. The van der Waals surface area contributed by atoms with Crippen molar-refractivity contribution in [3.05, 3.63) is 47.7 Å².